The second-order valence-corrected chi connectivity index (χ2v) is 4.81. The highest BCUT2D eigenvalue weighted by atomic mass is 16.5. The molecule has 0 aliphatic carbocycles. The lowest BCUT2D eigenvalue weighted by Crippen LogP contribution is -2.07. The first kappa shape index (κ1) is 18.0. The van der Waals surface area contributed by atoms with Crippen LogP contribution in [0.1, 0.15) is 6.92 Å². The van der Waals surface area contributed by atoms with E-state index in [1.54, 1.807) is 42.5 Å². The van der Waals surface area contributed by atoms with Gasteiger partial charge in [-0.2, -0.15) is 0 Å². The van der Waals surface area contributed by atoms with Crippen molar-refractivity contribution in [2.45, 2.75) is 6.92 Å². The van der Waals surface area contributed by atoms with E-state index >= 15 is 0 Å². The van der Waals surface area contributed by atoms with Crippen molar-refractivity contribution in [3.63, 3.8) is 0 Å². The highest BCUT2D eigenvalue weighted by Gasteiger charge is 2.19. The molecule has 0 aromatic heterocycles. The van der Waals surface area contributed by atoms with Gasteiger partial charge in [0.25, 0.3) is 0 Å². The predicted molar refractivity (Wildman–Crippen MR) is 94.7 cm³/mol. The molecule has 0 bridgehead atoms. The Morgan fingerprint density at radius 2 is 1.44 bits per heavy atom. The van der Waals surface area contributed by atoms with Crippen molar-refractivity contribution < 1.29 is 23.8 Å². The fourth-order valence-electron chi connectivity index (χ4n) is 2.20. The minimum absolute atomic E-state index is 0.276. The maximum absolute atomic E-state index is 11.7. The number of hydrogen-bond acceptors (Lipinski definition) is 5. The second kappa shape index (κ2) is 8.49. The molecule has 5 heteroatoms. The van der Waals surface area contributed by atoms with Crippen LogP contribution < -0.4 is 14.2 Å². The molecule has 5 nitrogen and oxygen atoms in total. The van der Waals surface area contributed by atoms with E-state index in [9.17, 15) is 9.59 Å². The van der Waals surface area contributed by atoms with E-state index in [1.165, 1.54) is 0 Å². The van der Waals surface area contributed by atoms with E-state index in [4.69, 9.17) is 14.2 Å². The first-order valence-corrected chi connectivity index (χ1v) is 7.64. The molecule has 0 aliphatic rings. The lowest BCUT2D eigenvalue weighted by atomic mass is 10.0. The van der Waals surface area contributed by atoms with Gasteiger partial charge in [-0.05, 0) is 25.1 Å². The zero-order valence-corrected chi connectivity index (χ0v) is 13.9. The van der Waals surface area contributed by atoms with E-state index in [0.29, 0.717) is 29.2 Å². The Morgan fingerprint density at radius 3 is 2.08 bits per heavy atom. The summed E-state index contributed by atoms with van der Waals surface area (Å²) in [5.41, 5.74) is 1.06. The van der Waals surface area contributed by atoms with Gasteiger partial charge in [0.05, 0.1) is 12.2 Å². The van der Waals surface area contributed by atoms with Crippen LogP contribution >= 0.6 is 0 Å². The summed E-state index contributed by atoms with van der Waals surface area (Å²) in [5.74, 6) is -0.117. The standard InChI is InChI=1S/C20H18O5/c1-4-18(21)24-15-11-8-7-10-14(15)20-16(23-6-3)12-9-13-17(20)25-19(22)5-2/h4-5,7-13H,1-2,6H2,3H3. The normalized spacial score (nSPS) is 9.80. The number of benzene rings is 2. The van der Waals surface area contributed by atoms with Gasteiger partial charge in [0.15, 0.2) is 0 Å². The Labute approximate surface area is 146 Å². The summed E-state index contributed by atoms with van der Waals surface area (Å²) in [6, 6.07) is 12.0. The fraction of sp³-hybridized carbons (Fsp3) is 0.100. The highest BCUT2D eigenvalue weighted by Crippen LogP contribution is 2.43. The lowest BCUT2D eigenvalue weighted by Gasteiger charge is -2.16. The van der Waals surface area contributed by atoms with Crippen molar-refractivity contribution >= 4 is 11.9 Å². The van der Waals surface area contributed by atoms with Crippen LogP contribution in [0.5, 0.6) is 17.2 Å². The third-order valence-corrected chi connectivity index (χ3v) is 3.20. The number of carbonyl (C=O) groups is 2. The zero-order valence-electron chi connectivity index (χ0n) is 13.9. The quantitative estimate of drug-likeness (QED) is 0.435. The van der Waals surface area contributed by atoms with Crippen molar-refractivity contribution in [1.29, 1.82) is 0 Å². The topological polar surface area (TPSA) is 61.8 Å². The Bertz CT molecular complexity index is 807. The molecule has 0 saturated heterocycles. The van der Waals surface area contributed by atoms with Gasteiger partial charge in [-0.25, -0.2) is 9.59 Å². The molecular formula is C20H18O5. The summed E-state index contributed by atoms with van der Waals surface area (Å²) in [6.45, 7) is 9.05. The molecule has 25 heavy (non-hydrogen) atoms. The van der Waals surface area contributed by atoms with Gasteiger partial charge in [-0.3, -0.25) is 0 Å². The minimum atomic E-state index is -0.601. The summed E-state index contributed by atoms with van der Waals surface area (Å²) in [7, 11) is 0. The van der Waals surface area contributed by atoms with Crippen LogP contribution in [0.4, 0.5) is 0 Å². The first-order valence-electron chi connectivity index (χ1n) is 7.64. The van der Waals surface area contributed by atoms with Gasteiger partial charge in [0, 0.05) is 17.7 Å². The van der Waals surface area contributed by atoms with Gasteiger partial charge in [0.1, 0.15) is 17.2 Å². The molecule has 2 aromatic rings. The number of ether oxygens (including phenoxy) is 3. The van der Waals surface area contributed by atoms with E-state index in [0.717, 1.165) is 12.2 Å². The molecule has 0 fully saturated rings. The van der Waals surface area contributed by atoms with Crippen molar-refractivity contribution in [3.05, 3.63) is 67.8 Å². The molecule has 0 N–H and O–H groups in total. The van der Waals surface area contributed by atoms with Crippen LogP contribution in [0.25, 0.3) is 11.1 Å². The van der Waals surface area contributed by atoms with Gasteiger partial charge >= 0.3 is 11.9 Å². The molecule has 0 amide bonds. The molecule has 2 rings (SSSR count). The third-order valence-electron chi connectivity index (χ3n) is 3.20. The van der Waals surface area contributed by atoms with E-state index in [-0.39, 0.29) is 5.75 Å². The summed E-state index contributed by atoms with van der Waals surface area (Å²) >= 11 is 0. The molecule has 0 atom stereocenters. The maximum Gasteiger partial charge on any atom is 0.335 e. The lowest BCUT2D eigenvalue weighted by molar-refractivity contribution is -0.129. The average Bonchev–Trinajstić information content (AvgIpc) is 2.63. The number of para-hydroxylation sites is 1. The summed E-state index contributed by atoms with van der Waals surface area (Å²) in [5, 5.41) is 0. The Balaban J connectivity index is 2.63. The average molecular weight is 338 g/mol. The molecular weight excluding hydrogens is 320 g/mol. The van der Waals surface area contributed by atoms with Gasteiger partial charge in [-0.1, -0.05) is 37.4 Å². The largest absolute Gasteiger partial charge is 0.493 e. The fourth-order valence-corrected chi connectivity index (χ4v) is 2.20. The monoisotopic (exact) mass is 338 g/mol. The molecule has 0 heterocycles. The van der Waals surface area contributed by atoms with Gasteiger partial charge < -0.3 is 14.2 Å². The van der Waals surface area contributed by atoms with Crippen LogP contribution in [0.15, 0.2) is 67.8 Å². The Hall–Kier alpha value is -3.34. The number of rotatable bonds is 7. The summed E-state index contributed by atoms with van der Waals surface area (Å²) in [4.78, 5) is 23.3. The summed E-state index contributed by atoms with van der Waals surface area (Å²) in [6.07, 6.45) is 2.14. The zero-order chi connectivity index (χ0) is 18.2. The first-order chi connectivity index (χ1) is 12.1. The van der Waals surface area contributed by atoms with Crippen molar-refractivity contribution in [3.8, 4) is 28.4 Å². The third kappa shape index (κ3) is 4.35. The van der Waals surface area contributed by atoms with E-state index in [2.05, 4.69) is 13.2 Å². The van der Waals surface area contributed by atoms with Crippen LogP contribution in [0.3, 0.4) is 0 Å². The molecule has 128 valence electrons. The Morgan fingerprint density at radius 1 is 0.880 bits per heavy atom. The Kier molecular flexibility index (Phi) is 6.12. The summed E-state index contributed by atoms with van der Waals surface area (Å²) < 4.78 is 16.3. The molecule has 0 radical (unpaired) electrons. The van der Waals surface area contributed by atoms with E-state index in [1.807, 2.05) is 6.92 Å². The van der Waals surface area contributed by atoms with Crippen molar-refractivity contribution in [2.75, 3.05) is 6.61 Å². The van der Waals surface area contributed by atoms with Gasteiger partial charge in [0.2, 0.25) is 0 Å². The maximum atomic E-state index is 11.7. The molecule has 0 saturated carbocycles. The van der Waals surface area contributed by atoms with Crippen molar-refractivity contribution in [2.24, 2.45) is 0 Å². The van der Waals surface area contributed by atoms with Crippen LogP contribution in [0, 0.1) is 0 Å². The van der Waals surface area contributed by atoms with Crippen LogP contribution in [0.2, 0.25) is 0 Å². The molecule has 0 aliphatic heterocycles. The van der Waals surface area contributed by atoms with Crippen LogP contribution in [-0.2, 0) is 9.59 Å². The smallest absolute Gasteiger partial charge is 0.335 e. The van der Waals surface area contributed by atoms with E-state index < -0.39 is 11.9 Å². The van der Waals surface area contributed by atoms with Crippen LogP contribution in [-0.4, -0.2) is 18.5 Å². The second-order valence-electron chi connectivity index (χ2n) is 4.81. The van der Waals surface area contributed by atoms with Crippen molar-refractivity contribution in [1.82, 2.24) is 0 Å². The molecule has 0 spiro atoms. The SMILES string of the molecule is C=CC(=O)Oc1ccccc1-c1c(OCC)cccc1OC(=O)C=C. The predicted octanol–water partition coefficient (Wildman–Crippen LogP) is 3.94. The molecule has 2 aromatic carbocycles. The van der Waals surface area contributed by atoms with Gasteiger partial charge in [-0.15, -0.1) is 0 Å². The molecule has 0 unspecified atom stereocenters. The number of hydrogen-bond donors (Lipinski definition) is 0. The number of esters is 2. The number of carbonyl (C=O) groups excluding carboxylic acids is 2. The minimum Gasteiger partial charge on any atom is -0.493 e. The highest BCUT2D eigenvalue weighted by molar-refractivity contribution is 5.90.